The highest BCUT2D eigenvalue weighted by Gasteiger charge is 2.67. The fraction of sp³-hybridized carbons (Fsp3) is 0.759. The third kappa shape index (κ3) is 7.15. The summed E-state index contributed by atoms with van der Waals surface area (Å²) in [5, 5.41) is 12.0. The van der Waals surface area contributed by atoms with Gasteiger partial charge in [0, 0.05) is 31.5 Å². The molecule has 13 nitrogen and oxygen atoms in total. The number of hydrogen-bond acceptors (Lipinski definition) is 8. The molecule has 0 radical (unpaired) electrons. The number of primary amides is 1. The Hall–Kier alpha value is -3.18. The van der Waals surface area contributed by atoms with Crippen molar-refractivity contribution in [3.63, 3.8) is 0 Å². The van der Waals surface area contributed by atoms with Gasteiger partial charge in [0.25, 0.3) is 0 Å². The minimum absolute atomic E-state index is 0.0422. The van der Waals surface area contributed by atoms with Crippen molar-refractivity contribution in [3.8, 4) is 6.07 Å². The Bertz CT molecular complexity index is 1280. The summed E-state index contributed by atoms with van der Waals surface area (Å²) < 4.78 is 35.0. The van der Waals surface area contributed by atoms with E-state index in [4.69, 9.17) is 15.7 Å². The highest BCUT2D eigenvalue weighted by atomic mass is 32.2. The molecule has 2 saturated carbocycles. The molecule has 43 heavy (non-hydrogen) atoms. The third-order valence-electron chi connectivity index (χ3n) is 8.44. The van der Waals surface area contributed by atoms with E-state index in [1.54, 1.807) is 20.8 Å². The summed E-state index contributed by atoms with van der Waals surface area (Å²) in [6.45, 7) is 5.16. The molecule has 1 saturated heterocycles. The van der Waals surface area contributed by atoms with Gasteiger partial charge in [-0.1, -0.05) is 25.0 Å². The molecular weight excluding hydrogens is 576 g/mol. The van der Waals surface area contributed by atoms with Gasteiger partial charge in [-0.3, -0.25) is 9.59 Å². The lowest BCUT2D eigenvalue weighted by Crippen LogP contribution is -2.60. The lowest BCUT2D eigenvalue weighted by atomic mass is 10.0. The number of sulfonamides is 1. The van der Waals surface area contributed by atoms with Crippen LogP contribution in [0.25, 0.3) is 0 Å². The molecule has 0 aromatic heterocycles. The first-order chi connectivity index (χ1) is 20.2. The first-order valence-electron chi connectivity index (χ1n) is 15.2. The molecule has 4 unspecified atom stereocenters. The molecule has 238 valence electrons. The standard InChI is InChI=1S/C29H44N6O7S/c1-28(2,3)42-27(39)35(26(31)38)23-12-8-6-4-5-7-11-20-19-29(20,32-24(36)22-13-9-17-33(22)25(23)37)43(40,41)34(18-10-16-30)21-14-15-21/h7,11,20-23H,4-6,8-10,12-15,17-19H2,1-3H3,(H2,31,38)(H,32,36)/b11-7-. The fourth-order valence-electron chi connectivity index (χ4n) is 6.10. The lowest BCUT2D eigenvalue weighted by Gasteiger charge is -2.35. The number of allylic oxidation sites excluding steroid dienone is 1. The van der Waals surface area contributed by atoms with E-state index in [-0.39, 0.29) is 38.4 Å². The second-order valence-electron chi connectivity index (χ2n) is 12.9. The van der Waals surface area contributed by atoms with Gasteiger partial charge in [0.15, 0.2) is 4.87 Å². The maximum Gasteiger partial charge on any atom is 0.419 e. The molecular formula is C29H44N6O7S. The Kier molecular flexibility index (Phi) is 9.76. The van der Waals surface area contributed by atoms with Crippen molar-refractivity contribution in [3.05, 3.63) is 12.2 Å². The van der Waals surface area contributed by atoms with E-state index in [0.29, 0.717) is 49.8 Å². The van der Waals surface area contributed by atoms with E-state index in [9.17, 15) is 27.6 Å². The van der Waals surface area contributed by atoms with Crippen molar-refractivity contribution in [1.82, 2.24) is 19.4 Å². The van der Waals surface area contributed by atoms with E-state index in [1.807, 2.05) is 18.2 Å². The van der Waals surface area contributed by atoms with E-state index in [1.165, 1.54) is 9.21 Å². The largest absolute Gasteiger partial charge is 0.443 e. The van der Waals surface area contributed by atoms with E-state index < -0.39 is 62.4 Å². The minimum Gasteiger partial charge on any atom is -0.443 e. The molecule has 3 N–H and O–H groups in total. The van der Waals surface area contributed by atoms with Gasteiger partial charge < -0.3 is 20.7 Å². The Morgan fingerprint density at radius 1 is 1.16 bits per heavy atom. The number of carbonyl (C=O) groups is 4. The van der Waals surface area contributed by atoms with E-state index >= 15 is 0 Å². The second-order valence-corrected chi connectivity index (χ2v) is 15.1. The van der Waals surface area contributed by atoms with Gasteiger partial charge in [-0.15, -0.1) is 0 Å². The average molecular weight is 621 g/mol. The first-order valence-corrected chi connectivity index (χ1v) is 16.7. The van der Waals surface area contributed by atoms with Crippen LogP contribution in [0.5, 0.6) is 0 Å². The number of nitrogens with two attached hydrogens (primary N) is 1. The Morgan fingerprint density at radius 3 is 2.51 bits per heavy atom. The lowest BCUT2D eigenvalue weighted by molar-refractivity contribution is -0.142. The minimum atomic E-state index is -4.05. The van der Waals surface area contributed by atoms with Gasteiger partial charge in [-0.25, -0.2) is 22.9 Å². The maximum atomic E-state index is 14.1. The van der Waals surface area contributed by atoms with Crippen molar-refractivity contribution < 1.29 is 32.3 Å². The number of hydrogen-bond donors (Lipinski definition) is 2. The number of imide groups is 1. The number of nitriles is 1. The van der Waals surface area contributed by atoms with Crippen LogP contribution in [0.15, 0.2) is 12.2 Å². The highest BCUT2D eigenvalue weighted by molar-refractivity contribution is 7.90. The van der Waals surface area contributed by atoms with E-state index in [0.717, 1.165) is 6.42 Å². The topological polar surface area (TPSA) is 183 Å². The number of ether oxygens (including phenoxy) is 1. The van der Waals surface area contributed by atoms with Gasteiger partial charge in [0.2, 0.25) is 21.8 Å². The van der Waals surface area contributed by atoms with Crippen molar-refractivity contribution >= 4 is 34.0 Å². The molecule has 4 atom stereocenters. The molecule has 2 heterocycles. The van der Waals surface area contributed by atoms with Gasteiger partial charge in [-0.05, 0) is 72.1 Å². The van der Waals surface area contributed by atoms with Crippen LogP contribution in [-0.4, -0.2) is 88.1 Å². The van der Waals surface area contributed by atoms with Crippen LogP contribution in [0, 0.1) is 17.2 Å². The Morgan fingerprint density at radius 2 is 1.88 bits per heavy atom. The number of rotatable bonds is 6. The molecule has 5 amide bonds. The summed E-state index contributed by atoms with van der Waals surface area (Å²) in [7, 11) is -4.05. The number of nitrogens with zero attached hydrogens (tertiary/aromatic N) is 4. The summed E-state index contributed by atoms with van der Waals surface area (Å²) >= 11 is 0. The molecule has 2 aliphatic heterocycles. The number of urea groups is 1. The highest BCUT2D eigenvalue weighted by Crippen LogP contribution is 2.52. The van der Waals surface area contributed by atoms with Gasteiger partial charge in [-0.2, -0.15) is 9.57 Å². The van der Waals surface area contributed by atoms with Crippen molar-refractivity contribution in [2.24, 2.45) is 11.7 Å². The number of fused-ring (bicyclic) bond motifs is 2. The quantitative estimate of drug-likeness (QED) is 0.425. The van der Waals surface area contributed by atoms with Crippen LogP contribution in [0.2, 0.25) is 0 Å². The number of carbonyl (C=O) groups excluding carboxylic acids is 4. The summed E-state index contributed by atoms with van der Waals surface area (Å²) in [6, 6.07) is -1.56. The smallest absolute Gasteiger partial charge is 0.419 e. The predicted octanol–water partition coefficient (Wildman–Crippen LogP) is 2.72. The van der Waals surface area contributed by atoms with Crippen LogP contribution in [-0.2, 0) is 24.3 Å². The number of amides is 5. The van der Waals surface area contributed by atoms with Crippen molar-refractivity contribution in [1.29, 1.82) is 5.26 Å². The first kappa shape index (κ1) is 32.7. The average Bonchev–Trinajstić information content (AvgIpc) is 3.81. The fourth-order valence-corrected chi connectivity index (χ4v) is 8.53. The summed E-state index contributed by atoms with van der Waals surface area (Å²) in [5.41, 5.74) is 4.67. The van der Waals surface area contributed by atoms with Crippen LogP contribution in [0.1, 0.15) is 91.4 Å². The summed E-state index contributed by atoms with van der Waals surface area (Å²) in [5.74, 6) is -1.64. The van der Waals surface area contributed by atoms with Gasteiger partial charge in [0.1, 0.15) is 17.7 Å². The summed E-state index contributed by atoms with van der Waals surface area (Å²) in [4.78, 5) is 53.9. The molecule has 14 heteroatoms. The molecule has 4 rings (SSSR count). The molecule has 0 aromatic rings. The monoisotopic (exact) mass is 620 g/mol. The SMILES string of the molecule is CC(C)(C)OC(=O)N(C(N)=O)C1CCCCC/C=C\C2CC2(S(=O)(=O)N(CCC#N)C2CC2)NC(=O)C2CCCN2C1=O. The van der Waals surface area contributed by atoms with Crippen LogP contribution < -0.4 is 11.1 Å². The molecule has 0 aromatic carbocycles. The Labute approximate surface area is 253 Å². The second kappa shape index (κ2) is 12.8. The van der Waals surface area contributed by atoms with Crippen LogP contribution in [0.4, 0.5) is 9.59 Å². The van der Waals surface area contributed by atoms with Crippen LogP contribution in [0.3, 0.4) is 0 Å². The zero-order chi connectivity index (χ0) is 31.6. The molecule has 0 bridgehead atoms. The van der Waals surface area contributed by atoms with Crippen LogP contribution >= 0.6 is 0 Å². The van der Waals surface area contributed by atoms with Crippen molar-refractivity contribution in [2.75, 3.05) is 13.1 Å². The van der Waals surface area contributed by atoms with E-state index in [2.05, 4.69) is 5.32 Å². The van der Waals surface area contributed by atoms with Gasteiger partial charge in [0.05, 0.1) is 6.07 Å². The van der Waals surface area contributed by atoms with Crippen molar-refractivity contribution in [2.45, 2.75) is 120 Å². The molecule has 4 aliphatic rings. The molecule has 0 spiro atoms. The Balaban J connectivity index is 1.66. The molecule has 2 aliphatic carbocycles. The predicted molar refractivity (Wildman–Crippen MR) is 156 cm³/mol. The normalized spacial score (nSPS) is 29.3. The molecule has 3 fully saturated rings. The maximum absolute atomic E-state index is 14.1. The zero-order valence-corrected chi connectivity index (χ0v) is 26.1. The summed E-state index contributed by atoms with van der Waals surface area (Å²) in [6.07, 6.45) is 7.90. The third-order valence-corrected chi connectivity index (χ3v) is 11.0. The van der Waals surface area contributed by atoms with Gasteiger partial charge >= 0.3 is 12.1 Å². The zero-order valence-electron chi connectivity index (χ0n) is 25.3. The number of nitrogens with one attached hydrogen (secondary N) is 1.